The maximum atomic E-state index is 11.9. The van der Waals surface area contributed by atoms with Crippen LogP contribution in [-0.4, -0.2) is 37.6 Å². The Bertz CT molecular complexity index is 571. The molecule has 1 aromatic rings. The van der Waals surface area contributed by atoms with Gasteiger partial charge < -0.3 is 18.9 Å². The van der Waals surface area contributed by atoms with Crippen LogP contribution in [0.5, 0.6) is 11.5 Å². The van der Waals surface area contributed by atoms with E-state index in [1.807, 2.05) is 0 Å². The smallest absolute Gasteiger partial charge is 0.339 e. The fourth-order valence-electron chi connectivity index (χ4n) is 2.11. The Labute approximate surface area is 130 Å². The second kappa shape index (κ2) is 6.34. The lowest BCUT2D eigenvalue weighted by atomic mass is 10.0. The van der Waals surface area contributed by atoms with E-state index in [-0.39, 0.29) is 6.61 Å². The summed E-state index contributed by atoms with van der Waals surface area (Å²) < 4.78 is 20.6. The van der Waals surface area contributed by atoms with Gasteiger partial charge in [-0.1, -0.05) is 15.9 Å². The molecule has 0 amide bonds. The van der Waals surface area contributed by atoms with Gasteiger partial charge in [0.05, 0.1) is 26.4 Å². The molecule has 0 radical (unpaired) electrons. The molecule has 0 spiro atoms. The molecule has 21 heavy (non-hydrogen) atoms. The molecule has 1 aliphatic heterocycles. The van der Waals surface area contributed by atoms with E-state index in [0.29, 0.717) is 22.6 Å². The molecule has 0 aromatic heterocycles. The second-order valence-electron chi connectivity index (χ2n) is 4.27. The number of alkyl halides is 1. The zero-order chi connectivity index (χ0) is 15.6. The lowest BCUT2D eigenvalue weighted by molar-refractivity contribution is -0.144. The summed E-state index contributed by atoms with van der Waals surface area (Å²) in [6.45, 7) is 1.96. The maximum absolute atomic E-state index is 11.9. The van der Waals surface area contributed by atoms with Crippen LogP contribution in [0, 0.1) is 0 Å². The molecule has 1 heterocycles. The zero-order valence-corrected chi connectivity index (χ0v) is 13.4. The van der Waals surface area contributed by atoms with Crippen LogP contribution in [0.4, 0.5) is 0 Å². The molecular weight excluding hydrogens is 344 g/mol. The SMILES string of the molecule is CCOC(=O)[C@H](Br)[C@@H]1OC(=O)c2cc(OC)c(OC)cc21. The van der Waals surface area contributed by atoms with Gasteiger partial charge >= 0.3 is 11.9 Å². The minimum Gasteiger partial charge on any atom is -0.493 e. The molecule has 0 bridgehead atoms. The number of carbonyl (C=O) groups is 2. The van der Waals surface area contributed by atoms with Crippen LogP contribution in [-0.2, 0) is 14.3 Å². The van der Waals surface area contributed by atoms with Gasteiger partial charge in [0.15, 0.2) is 22.4 Å². The highest BCUT2D eigenvalue weighted by Crippen LogP contribution is 2.42. The Kier molecular flexibility index (Phi) is 4.72. The molecule has 0 fully saturated rings. The first-order valence-corrected chi connectivity index (χ1v) is 7.22. The summed E-state index contributed by atoms with van der Waals surface area (Å²) in [6.07, 6.45) is -0.758. The normalized spacial score (nSPS) is 17.7. The van der Waals surface area contributed by atoms with Gasteiger partial charge in [0, 0.05) is 5.56 Å². The van der Waals surface area contributed by atoms with Crippen molar-refractivity contribution in [2.75, 3.05) is 20.8 Å². The average molecular weight is 359 g/mol. The first kappa shape index (κ1) is 15.6. The molecule has 2 atom stereocenters. The van der Waals surface area contributed by atoms with Gasteiger partial charge in [0.1, 0.15) is 0 Å². The number of esters is 2. The summed E-state index contributed by atoms with van der Waals surface area (Å²) in [5, 5.41) is 0. The molecule has 114 valence electrons. The van der Waals surface area contributed by atoms with Gasteiger partial charge in [-0.15, -0.1) is 0 Å². The fourth-order valence-corrected chi connectivity index (χ4v) is 2.64. The van der Waals surface area contributed by atoms with Crippen LogP contribution >= 0.6 is 15.9 Å². The standard InChI is InChI=1S/C14H15BrO6/c1-4-20-14(17)11(15)12-7-5-9(18-2)10(19-3)6-8(7)13(16)21-12/h5-6,11-12H,4H2,1-3H3/t11-,12-/m1/s1. The van der Waals surface area contributed by atoms with Crippen molar-refractivity contribution in [3.8, 4) is 11.5 Å². The quantitative estimate of drug-likeness (QED) is 0.593. The topological polar surface area (TPSA) is 71.1 Å². The minimum absolute atomic E-state index is 0.250. The van der Waals surface area contributed by atoms with Crippen LogP contribution in [0.25, 0.3) is 0 Å². The first-order chi connectivity index (χ1) is 10.0. The van der Waals surface area contributed by atoms with Crippen molar-refractivity contribution in [3.05, 3.63) is 23.3 Å². The maximum Gasteiger partial charge on any atom is 0.339 e. The van der Waals surface area contributed by atoms with Gasteiger partial charge in [-0.05, 0) is 19.1 Å². The van der Waals surface area contributed by atoms with Gasteiger partial charge in [-0.25, -0.2) is 4.79 Å². The Morgan fingerprint density at radius 3 is 2.52 bits per heavy atom. The number of halogens is 1. The highest BCUT2D eigenvalue weighted by Gasteiger charge is 2.40. The van der Waals surface area contributed by atoms with E-state index in [2.05, 4.69) is 15.9 Å². The van der Waals surface area contributed by atoms with Crippen molar-refractivity contribution < 1.29 is 28.5 Å². The Hall–Kier alpha value is -1.76. The van der Waals surface area contributed by atoms with Gasteiger partial charge in [-0.3, -0.25) is 4.79 Å². The van der Waals surface area contributed by atoms with Crippen LogP contribution in [0.1, 0.15) is 28.9 Å². The highest BCUT2D eigenvalue weighted by atomic mass is 79.9. The van der Waals surface area contributed by atoms with Crippen molar-refractivity contribution in [1.29, 1.82) is 0 Å². The van der Waals surface area contributed by atoms with Gasteiger partial charge in [0.25, 0.3) is 0 Å². The number of benzene rings is 1. The molecule has 1 aromatic carbocycles. The number of carbonyl (C=O) groups excluding carboxylic acids is 2. The summed E-state index contributed by atoms with van der Waals surface area (Å²) in [5.74, 6) is -0.109. The van der Waals surface area contributed by atoms with Gasteiger partial charge in [0.2, 0.25) is 0 Å². The van der Waals surface area contributed by atoms with Crippen LogP contribution in [0.3, 0.4) is 0 Å². The van der Waals surface area contributed by atoms with E-state index in [9.17, 15) is 9.59 Å². The summed E-state index contributed by atoms with van der Waals surface area (Å²) in [4.78, 5) is 23.0. The number of rotatable bonds is 5. The average Bonchev–Trinajstić information content (AvgIpc) is 2.81. The van der Waals surface area contributed by atoms with Crippen LogP contribution in [0.15, 0.2) is 12.1 Å². The third-order valence-electron chi connectivity index (χ3n) is 3.09. The molecule has 1 aliphatic rings. The van der Waals surface area contributed by atoms with Crippen molar-refractivity contribution in [2.45, 2.75) is 17.9 Å². The summed E-state index contributed by atoms with van der Waals surface area (Å²) in [6, 6.07) is 3.18. The third kappa shape index (κ3) is 2.83. The van der Waals surface area contributed by atoms with E-state index >= 15 is 0 Å². The fraction of sp³-hybridized carbons (Fsp3) is 0.429. The lowest BCUT2D eigenvalue weighted by Crippen LogP contribution is -2.24. The summed E-state index contributed by atoms with van der Waals surface area (Å²) in [7, 11) is 2.97. The summed E-state index contributed by atoms with van der Waals surface area (Å²) in [5.41, 5.74) is 0.916. The molecule has 6 nitrogen and oxygen atoms in total. The molecule has 2 rings (SSSR count). The second-order valence-corrected chi connectivity index (χ2v) is 5.26. The van der Waals surface area contributed by atoms with E-state index < -0.39 is 22.9 Å². The number of hydrogen-bond acceptors (Lipinski definition) is 6. The van der Waals surface area contributed by atoms with E-state index in [1.54, 1.807) is 19.1 Å². The molecule has 0 N–H and O–H groups in total. The van der Waals surface area contributed by atoms with E-state index in [0.717, 1.165) is 0 Å². The number of cyclic esters (lactones) is 1. The highest BCUT2D eigenvalue weighted by molar-refractivity contribution is 9.10. The van der Waals surface area contributed by atoms with Gasteiger partial charge in [-0.2, -0.15) is 0 Å². The van der Waals surface area contributed by atoms with Crippen molar-refractivity contribution in [3.63, 3.8) is 0 Å². The largest absolute Gasteiger partial charge is 0.493 e. The van der Waals surface area contributed by atoms with E-state index in [4.69, 9.17) is 18.9 Å². The molecule has 0 aliphatic carbocycles. The van der Waals surface area contributed by atoms with Crippen LogP contribution < -0.4 is 9.47 Å². The Morgan fingerprint density at radius 1 is 1.33 bits per heavy atom. The zero-order valence-electron chi connectivity index (χ0n) is 11.8. The molecule has 0 saturated carbocycles. The monoisotopic (exact) mass is 358 g/mol. The van der Waals surface area contributed by atoms with Crippen molar-refractivity contribution in [1.82, 2.24) is 0 Å². The molecule has 0 unspecified atom stereocenters. The number of ether oxygens (including phenoxy) is 4. The van der Waals surface area contributed by atoms with Crippen LogP contribution in [0.2, 0.25) is 0 Å². The van der Waals surface area contributed by atoms with Crippen molar-refractivity contribution >= 4 is 27.9 Å². The number of hydrogen-bond donors (Lipinski definition) is 0. The third-order valence-corrected chi connectivity index (χ3v) is 3.95. The van der Waals surface area contributed by atoms with E-state index in [1.165, 1.54) is 14.2 Å². The molecule has 7 heteroatoms. The number of methoxy groups -OCH3 is 2. The Balaban J connectivity index is 2.40. The minimum atomic E-state index is -0.777. The lowest BCUT2D eigenvalue weighted by Gasteiger charge is -2.17. The summed E-state index contributed by atoms with van der Waals surface area (Å²) >= 11 is 3.23. The molecular formula is C14H15BrO6. The Morgan fingerprint density at radius 2 is 1.95 bits per heavy atom. The first-order valence-electron chi connectivity index (χ1n) is 6.31. The predicted molar refractivity (Wildman–Crippen MR) is 77.1 cm³/mol. The molecule has 0 saturated heterocycles. The number of fused-ring (bicyclic) bond motifs is 1. The predicted octanol–water partition coefficient (Wildman–Crippen LogP) is 2.24. The van der Waals surface area contributed by atoms with Crippen molar-refractivity contribution in [2.24, 2.45) is 0 Å².